The standard InChI is InChI=1S/C22H29N5O9S2/c1-4-5-6-7-34-22(31)36-11(2)35-20(30)16-12(8-33-3)9-37-19-15(18(29)27(16)19)25-17(28)14(26-32)13-10-38-21(23)24-13/h10-11,15,19,32H,4-9H2,1-3H3,(H2,23,24)(H,25,28)/b26-14-/t11?,15?,19-/m1/s1. The fourth-order valence-electron chi connectivity index (χ4n) is 3.68. The van der Waals surface area contributed by atoms with E-state index in [1.807, 2.05) is 6.92 Å². The Kier molecular flexibility index (Phi) is 10.3. The highest BCUT2D eigenvalue weighted by Gasteiger charge is 2.55. The van der Waals surface area contributed by atoms with Crippen molar-refractivity contribution in [3.63, 3.8) is 0 Å². The molecule has 0 bridgehead atoms. The molecule has 3 rings (SSSR count). The van der Waals surface area contributed by atoms with Crippen molar-refractivity contribution in [2.24, 2.45) is 5.16 Å². The van der Waals surface area contributed by atoms with E-state index < -0.39 is 47.4 Å². The number of rotatable bonds is 12. The number of ether oxygens (including phenoxy) is 4. The molecule has 1 saturated heterocycles. The van der Waals surface area contributed by atoms with Gasteiger partial charge in [-0.15, -0.1) is 23.1 Å². The molecule has 0 aromatic carbocycles. The summed E-state index contributed by atoms with van der Waals surface area (Å²) >= 11 is 2.35. The lowest BCUT2D eigenvalue weighted by atomic mass is 10.0. The van der Waals surface area contributed by atoms with Gasteiger partial charge in [-0.05, 0) is 12.0 Å². The van der Waals surface area contributed by atoms with Crippen LogP contribution in [-0.4, -0.2) is 88.5 Å². The number of carbonyl (C=O) groups is 4. The van der Waals surface area contributed by atoms with Crippen LogP contribution in [0.1, 0.15) is 38.8 Å². The molecular weight excluding hydrogens is 542 g/mol. The zero-order valence-corrected chi connectivity index (χ0v) is 22.6. The van der Waals surface area contributed by atoms with Crippen LogP contribution in [0.15, 0.2) is 21.8 Å². The number of anilines is 1. The summed E-state index contributed by atoms with van der Waals surface area (Å²) in [6.07, 6.45) is 0.278. The second kappa shape index (κ2) is 13.4. The number of β-lactam (4-membered cyclic amide) rings is 1. The number of nitrogens with zero attached hydrogens (tertiary/aromatic N) is 3. The first kappa shape index (κ1) is 29.2. The van der Waals surface area contributed by atoms with Crippen LogP contribution >= 0.6 is 23.1 Å². The Morgan fingerprint density at radius 2 is 2.11 bits per heavy atom. The molecule has 208 valence electrons. The highest BCUT2D eigenvalue weighted by Crippen LogP contribution is 2.41. The van der Waals surface area contributed by atoms with Gasteiger partial charge in [0.2, 0.25) is 6.29 Å². The molecule has 1 fully saturated rings. The largest absolute Gasteiger partial charge is 0.511 e. The molecule has 14 nitrogen and oxygen atoms in total. The average Bonchev–Trinajstić information content (AvgIpc) is 3.30. The predicted molar refractivity (Wildman–Crippen MR) is 136 cm³/mol. The van der Waals surface area contributed by atoms with Crippen molar-refractivity contribution >= 4 is 57.9 Å². The molecule has 1 aromatic heterocycles. The molecule has 3 atom stereocenters. The van der Waals surface area contributed by atoms with Gasteiger partial charge in [-0.2, -0.15) is 0 Å². The summed E-state index contributed by atoms with van der Waals surface area (Å²) < 4.78 is 20.4. The number of thiazole rings is 1. The van der Waals surface area contributed by atoms with Gasteiger partial charge in [0.05, 0.1) is 13.2 Å². The summed E-state index contributed by atoms with van der Waals surface area (Å²) in [7, 11) is 1.44. The first-order valence-electron chi connectivity index (χ1n) is 11.7. The first-order valence-corrected chi connectivity index (χ1v) is 13.6. The predicted octanol–water partition coefficient (Wildman–Crippen LogP) is 1.44. The number of carbonyl (C=O) groups excluding carboxylic acids is 4. The minimum atomic E-state index is -1.29. The van der Waals surface area contributed by atoms with Crippen molar-refractivity contribution in [3.05, 3.63) is 22.3 Å². The van der Waals surface area contributed by atoms with Gasteiger partial charge in [-0.1, -0.05) is 24.9 Å². The quantitative estimate of drug-likeness (QED) is 0.0623. The Labute approximate surface area is 226 Å². The summed E-state index contributed by atoms with van der Waals surface area (Å²) in [5.74, 6) is -2.03. The Morgan fingerprint density at radius 1 is 1.34 bits per heavy atom. The fraction of sp³-hybridized carbons (Fsp3) is 0.545. The number of methoxy groups -OCH3 is 1. The van der Waals surface area contributed by atoms with Gasteiger partial charge < -0.3 is 35.2 Å². The number of oxime groups is 1. The van der Waals surface area contributed by atoms with Crippen molar-refractivity contribution in [2.75, 3.05) is 31.8 Å². The first-order chi connectivity index (χ1) is 18.2. The number of esters is 1. The maximum atomic E-state index is 13.1. The van der Waals surface area contributed by atoms with Crippen LogP contribution in [0.3, 0.4) is 0 Å². The van der Waals surface area contributed by atoms with Crippen LogP contribution in [0.25, 0.3) is 0 Å². The lowest BCUT2D eigenvalue weighted by Crippen LogP contribution is -2.71. The third kappa shape index (κ3) is 6.73. The molecule has 16 heteroatoms. The number of hydrogen-bond acceptors (Lipinski definition) is 14. The number of hydrogen-bond donors (Lipinski definition) is 3. The van der Waals surface area contributed by atoms with Gasteiger partial charge in [0.15, 0.2) is 10.8 Å². The minimum absolute atomic E-state index is 0.0479. The van der Waals surface area contributed by atoms with Gasteiger partial charge in [0.25, 0.3) is 11.8 Å². The third-order valence-corrected chi connectivity index (χ3v) is 7.44. The van der Waals surface area contributed by atoms with E-state index in [1.54, 1.807) is 0 Å². The number of unbranched alkanes of at least 4 members (excludes halogenated alkanes) is 2. The highest BCUT2D eigenvalue weighted by molar-refractivity contribution is 8.00. The molecule has 0 radical (unpaired) electrons. The maximum absolute atomic E-state index is 13.1. The molecule has 4 N–H and O–H groups in total. The summed E-state index contributed by atoms with van der Waals surface area (Å²) in [4.78, 5) is 55.8. The van der Waals surface area contributed by atoms with Gasteiger partial charge in [-0.3, -0.25) is 14.5 Å². The van der Waals surface area contributed by atoms with E-state index in [4.69, 9.17) is 24.7 Å². The summed E-state index contributed by atoms with van der Waals surface area (Å²) in [5, 5.41) is 15.8. The highest BCUT2D eigenvalue weighted by atomic mass is 32.2. The number of fused-ring (bicyclic) bond motifs is 1. The molecular formula is C22H29N5O9S2. The van der Waals surface area contributed by atoms with Gasteiger partial charge in [-0.25, -0.2) is 14.6 Å². The number of nitrogen functional groups attached to an aromatic ring is 1. The van der Waals surface area contributed by atoms with Crippen molar-refractivity contribution < 1.29 is 43.3 Å². The number of thioether (sulfide) groups is 1. The van der Waals surface area contributed by atoms with Crippen molar-refractivity contribution in [2.45, 2.75) is 50.8 Å². The molecule has 3 heterocycles. The summed E-state index contributed by atoms with van der Waals surface area (Å²) in [5.41, 5.74) is 5.65. The van der Waals surface area contributed by atoms with Crippen LogP contribution in [0.5, 0.6) is 0 Å². The molecule has 0 aliphatic carbocycles. The van der Waals surface area contributed by atoms with E-state index in [0.717, 1.165) is 24.2 Å². The molecule has 2 aliphatic heterocycles. The second-order valence-corrected chi connectivity index (χ2v) is 10.2. The molecule has 0 spiro atoms. The zero-order valence-electron chi connectivity index (χ0n) is 21.0. The topological polar surface area (TPSA) is 192 Å². The van der Waals surface area contributed by atoms with E-state index in [1.165, 1.54) is 36.1 Å². The van der Waals surface area contributed by atoms with E-state index in [-0.39, 0.29) is 29.7 Å². The molecule has 2 unspecified atom stereocenters. The smallest absolute Gasteiger partial charge is 0.434 e. The van der Waals surface area contributed by atoms with E-state index in [0.29, 0.717) is 17.7 Å². The summed E-state index contributed by atoms with van der Waals surface area (Å²) in [6.45, 7) is 3.59. The minimum Gasteiger partial charge on any atom is -0.434 e. The van der Waals surface area contributed by atoms with Gasteiger partial charge in [0.1, 0.15) is 22.8 Å². The Hall–Kier alpha value is -3.37. The van der Waals surface area contributed by atoms with Crippen LogP contribution in [0.4, 0.5) is 9.93 Å². The summed E-state index contributed by atoms with van der Waals surface area (Å²) in [6, 6.07) is -1.01. The monoisotopic (exact) mass is 571 g/mol. The number of nitrogens with one attached hydrogen (secondary N) is 1. The number of aromatic nitrogens is 1. The van der Waals surface area contributed by atoms with Crippen molar-refractivity contribution in [1.29, 1.82) is 0 Å². The van der Waals surface area contributed by atoms with Gasteiger partial charge in [0, 0.05) is 25.2 Å². The molecule has 2 amide bonds. The van der Waals surface area contributed by atoms with Crippen molar-refractivity contribution in [3.8, 4) is 0 Å². The van der Waals surface area contributed by atoms with Crippen LogP contribution in [-0.2, 0) is 33.3 Å². The molecule has 0 saturated carbocycles. The number of nitrogens with two attached hydrogens (primary N) is 1. The second-order valence-electron chi connectivity index (χ2n) is 8.16. The zero-order chi connectivity index (χ0) is 27.8. The molecule has 2 aliphatic rings. The SMILES string of the molecule is CCCCCOC(=O)OC(C)OC(=O)C1=C(COC)CS[C@@H]2C(NC(=O)/C(=N\O)c3csc(N)n3)C(=O)N12. The van der Waals surface area contributed by atoms with E-state index >= 15 is 0 Å². The normalized spacial score (nSPS) is 19.8. The number of amides is 2. The fourth-order valence-corrected chi connectivity index (χ4v) is 5.56. The van der Waals surface area contributed by atoms with E-state index in [2.05, 4.69) is 15.5 Å². The Bertz CT molecular complexity index is 1120. The molecule has 38 heavy (non-hydrogen) atoms. The van der Waals surface area contributed by atoms with E-state index in [9.17, 15) is 24.4 Å². The Balaban J connectivity index is 1.66. The maximum Gasteiger partial charge on any atom is 0.511 e. The lowest BCUT2D eigenvalue weighted by molar-refractivity contribution is -0.169. The van der Waals surface area contributed by atoms with Crippen LogP contribution < -0.4 is 11.1 Å². The molecule has 1 aromatic rings. The van der Waals surface area contributed by atoms with Gasteiger partial charge >= 0.3 is 12.1 Å². The Morgan fingerprint density at radius 3 is 2.74 bits per heavy atom. The average molecular weight is 572 g/mol. The van der Waals surface area contributed by atoms with Crippen LogP contribution in [0, 0.1) is 0 Å². The lowest BCUT2D eigenvalue weighted by Gasteiger charge is -2.49. The van der Waals surface area contributed by atoms with Crippen molar-refractivity contribution in [1.82, 2.24) is 15.2 Å². The third-order valence-electron chi connectivity index (χ3n) is 5.43. The van der Waals surface area contributed by atoms with Crippen LogP contribution in [0.2, 0.25) is 0 Å².